The standard InChI is InChI=1S/C21H22N2O2/c24-20(23-13-21(14-23)10-5-11-22-21)25-12-19-17-8-3-1-6-15(17)16-7-2-4-9-18(16)19/h1-4,6-9,19,22H,5,10-14H2. The lowest BCUT2D eigenvalue weighted by atomic mass is 9.89. The Morgan fingerprint density at radius 2 is 1.72 bits per heavy atom. The van der Waals surface area contributed by atoms with Gasteiger partial charge in [0.05, 0.1) is 5.54 Å². The number of benzene rings is 2. The molecule has 3 aliphatic rings. The monoisotopic (exact) mass is 334 g/mol. The highest BCUT2D eigenvalue weighted by Gasteiger charge is 2.47. The third-order valence-electron chi connectivity index (χ3n) is 5.91. The molecular formula is C21H22N2O2. The zero-order chi connectivity index (χ0) is 16.9. The maximum absolute atomic E-state index is 12.4. The first kappa shape index (κ1) is 15.0. The van der Waals surface area contributed by atoms with Crippen LogP contribution in [0.5, 0.6) is 0 Å². The zero-order valence-electron chi connectivity index (χ0n) is 14.2. The van der Waals surface area contributed by atoms with Crippen LogP contribution in [0.3, 0.4) is 0 Å². The molecule has 25 heavy (non-hydrogen) atoms. The minimum atomic E-state index is -0.179. The number of carbonyl (C=O) groups is 1. The van der Waals surface area contributed by atoms with E-state index in [1.165, 1.54) is 35.1 Å². The molecule has 2 aromatic carbocycles. The number of nitrogens with zero attached hydrogens (tertiary/aromatic N) is 1. The molecule has 4 heteroatoms. The first-order chi connectivity index (χ1) is 12.3. The van der Waals surface area contributed by atoms with E-state index >= 15 is 0 Å². The molecule has 0 unspecified atom stereocenters. The van der Waals surface area contributed by atoms with Gasteiger partial charge in [-0.1, -0.05) is 48.5 Å². The molecule has 5 rings (SSSR count). The second-order valence-electron chi connectivity index (χ2n) is 7.47. The Balaban J connectivity index is 1.29. The lowest BCUT2D eigenvalue weighted by Gasteiger charge is -2.47. The van der Waals surface area contributed by atoms with E-state index in [9.17, 15) is 4.79 Å². The van der Waals surface area contributed by atoms with Gasteiger partial charge in [-0.05, 0) is 41.6 Å². The highest BCUT2D eigenvalue weighted by molar-refractivity contribution is 5.79. The fourth-order valence-corrected chi connectivity index (χ4v) is 4.64. The highest BCUT2D eigenvalue weighted by Crippen LogP contribution is 2.44. The molecule has 2 aliphatic heterocycles. The maximum atomic E-state index is 12.4. The molecule has 128 valence electrons. The second kappa shape index (κ2) is 5.60. The summed E-state index contributed by atoms with van der Waals surface area (Å²) in [6.07, 6.45) is 2.19. The number of nitrogens with one attached hydrogen (secondary N) is 1. The summed E-state index contributed by atoms with van der Waals surface area (Å²) >= 11 is 0. The summed E-state index contributed by atoms with van der Waals surface area (Å²) in [5.41, 5.74) is 5.21. The Morgan fingerprint density at radius 1 is 1.08 bits per heavy atom. The predicted octanol–water partition coefficient (Wildman–Crippen LogP) is 3.37. The van der Waals surface area contributed by atoms with Gasteiger partial charge < -0.3 is 15.0 Å². The van der Waals surface area contributed by atoms with E-state index in [0.29, 0.717) is 6.61 Å². The first-order valence-corrected chi connectivity index (χ1v) is 9.11. The van der Waals surface area contributed by atoms with Gasteiger partial charge in [0.25, 0.3) is 0 Å². The van der Waals surface area contributed by atoms with Crippen molar-refractivity contribution >= 4 is 6.09 Å². The van der Waals surface area contributed by atoms with Gasteiger partial charge in [0.1, 0.15) is 6.61 Å². The van der Waals surface area contributed by atoms with Crippen LogP contribution in [-0.2, 0) is 4.74 Å². The summed E-state index contributed by atoms with van der Waals surface area (Å²) in [5, 5.41) is 3.53. The van der Waals surface area contributed by atoms with Crippen molar-refractivity contribution in [1.29, 1.82) is 0 Å². The average Bonchev–Trinajstić information content (AvgIpc) is 3.22. The zero-order valence-corrected chi connectivity index (χ0v) is 14.2. The third-order valence-corrected chi connectivity index (χ3v) is 5.91. The van der Waals surface area contributed by atoms with Gasteiger partial charge in [-0.3, -0.25) is 0 Å². The predicted molar refractivity (Wildman–Crippen MR) is 96.6 cm³/mol. The van der Waals surface area contributed by atoms with Crippen molar-refractivity contribution in [2.75, 3.05) is 26.2 Å². The van der Waals surface area contributed by atoms with Crippen LogP contribution in [-0.4, -0.2) is 42.8 Å². The number of amides is 1. The summed E-state index contributed by atoms with van der Waals surface area (Å²) in [6.45, 7) is 3.04. The topological polar surface area (TPSA) is 41.6 Å². The van der Waals surface area contributed by atoms with Crippen molar-refractivity contribution in [3.05, 3.63) is 59.7 Å². The molecule has 1 N–H and O–H groups in total. The molecule has 2 aromatic rings. The van der Waals surface area contributed by atoms with E-state index in [1.807, 2.05) is 4.90 Å². The van der Waals surface area contributed by atoms with Gasteiger partial charge in [-0.25, -0.2) is 4.79 Å². The lowest BCUT2D eigenvalue weighted by molar-refractivity contribution is 0.0312. The van der Waals surface area contributed by atoms with E-state index in [-0.39, 0.29) is 17.6 Å². The van der Waals surface area contributed by atoms with E-state index in [4.69, 9.17) is 4.74 Å². The summed E-state index contributed by atoms with van der Waals surface area (Å²) < 4.78 is 5.71. The molecule has 2 saturated heterocycles. The molecule has 2 fully saturated rings. The van der Waals surface area contributed by atoms with Crippen LogP contribution in [0.25, 0.3) is 11.1 Å². The Kier molecular flexibility index (Phi) is 3.35. The molecule has 0 saturated carbocycles. The van der Waals surface area contributed by atoms with Gasteiger partial charge >= 0.3 is 6.09 Å². The van der Waals surface area contributed by atoms with Crippen LogP contribution in [0.4, 0.5) is 4.79 Å². The third kappa shape index (κ3) is 2.35. The number of hydrogen-bond donors (Lipinski definition) is 1. The van der Waals surface area contributed by atoms with Crippen molar-refractivity contribution in [2.24, 2.45) is 0 Å². The van der Waals surface area contributed by atoms with E-state index < -0.39 is 0 Å². The highest BCUT2D eigenvalue weighted by atomic mass is 16.6. The summed E-state index contributed by atoms with van der Waals surface area (Å²) in [7, 11) is 0. The number of likely N-dealkylation sites (tertiary alicyclic amines) is 1. The lowest BCUT2D eigenvalue weighted by Crippen LogP contribution is -2.68. The molecule has 1 spiro atoms. The number of ether oxygens (including phenoxy) is 1. The first-order valence-electron chi connectivity index (χ1n) is 9.11. The summed E-state index contributed by atoms with van der Waals surface area (Å²) in [4.78, 5) is 14.2. The number of fused-ring (bicyclic) bond motifs is 3. The molecule has 1 amide bonds. The molecule has 0 aromatic heterocycles. The minimum Gasteiger partial charge on any atom is -0.448 e. The van der Waals surface area contributed by atoms with Gasteiger partial charge in [-0.15, -0.1) is 0 Å². The van der Waals surface area contributed by atoms with Crippen LogP contribution in [0.2, 0.25) is 0 Å². The summed E-state index contributed by atoms with van der Waals surface area (Å²) in [5.74, 6) is 0.135. The molecule has 0 bridgehead atoms. The van der Waals surface area contributed by atoms with Gasteiger partial charge in [0.2, 0.25) is 0 Å². The Hall–Kier alpha value is -2.33. The van der Waals surface area contributed by atoms with Crippen molar-refractivity contribution < 1.29 is 9.53 Å². The normalized spacial score (nSPS) is 20.2. The number of hydrogen-bond acceptors (Lipinski definition) is 3. The number of rotatable bonds is 2. The van der Waals surface area contributed by atoms with Crippen molar-refractivity contribution in [3.63, 3.8) is 0 Å². The Bertz CT molecular complexity index is 773. The van der Waals surface area contributed by atoms with Crippen LogP contribution in [0.15, 0.2) is 48.5 Å². The molecule has 4 nitrogen and oxygen atoms in total. The van der Waals surface area contributed by atoms with Crippen LogP contribution < -0.4 is 5.32 Å². The van der Waals surface area contributed by atoms with Gasteiger partial charge in [-0.2, -0.15) is 0 Å². The fourth-order valence-electron chi connectivity index (χ4n) is 4.64. The van der Waals surface area contributed by atoms with E-state index in [1.54, 1.807) is 0 Å². The smallest absolute Gasteiger partial charge is 0.409 e. The minimum absolute atomic E-state index is 0.135. The van der Waals surface area contributed by atoms with Gasteiger partial charge in [0, 0.05) is 19.0 Å². The second-order valence-corrected chi connectivity index (χ2v) is 7.47. The van der Waals surface area contributed by atoms with E-state index in [2.05, 4.69) is 53.8 Å². The Labute approximate surface area is 147 Å². The fraction of sp³-hybridized carbons (Fsp3) is 0.381. The van der Waals surface area contributed by atoms with E-state index in [0.717, 1.165) is 19.6 Å². The quantitative estimate of drug-likeness (QED) is 0.915. The van der Waals surface area contributed by atoms with Crippen LogP contribution in [0.1, 0.15) is 29.9 Å². The van der Waals surface area contributed by atoms with Crippen LogP contribution >= 0.6 is 0 Å². The Morgan fingerprint density at radius 3 is 2.32 bits per heavy atom. The number of carbonyl (C=O) groups excluding carboxylic acids is 1. The SMILES string of the molecule is O=C(OCC1c2ccccc2-c2ccccc21)N1CC2(CCCN2)C1. The average molecular weight is 334 g/mol. The molecule has 0 radical (unpaired) electrons. The van der Waals surface area contributed by atoms with Crippen LogP contribution in [0, 0.1) is 0 Å². The maximum Gasteiger partial charge on any atom is 0.409 e. The molecular weight excluding hydrogens is 312 g/mol. The molecule has 2 heterocycles. The van der Waals surface area contributed by atoms with Crippen molar-refractivity contribution in [2.45, 2.75) is 24.3 Å². The van der Waals surface area contributed by atoms with Crippen molar-refractivity contribution in [1.82, 2.24) is 10.2 Å². The van der Waals surface area contributed by atoms with Crippen molar-refractivity contribution in [3.8, 4) is 11.1 Å². The molecule has 0 atom stereocenters. The largest absolute Gasteiger partial charge is 0.448 e. The van der Waals surface area contributed by atoms with Gasteiger partial charge in [0.15, 0.2) is 0 Å². The summed E-state index contributed by atoms with van der Waals surface area (Å²) in [6, 6.07) is 16.9. The molecule has 1 aliphatic carbocycles.